The number of thiocarbonyl (C=S) groups is 1. The number of ether oxygens (including phenoxy) is 3. The molecule has 0 fully saturated rings. The van der Waals surface area contributed by atoms with Crippen LogP contribution in [0.25, 0.3) is 10.8 Å². The minimum Gasteiger partial charge on any atom is -0.507 e. The molecule has 188 valence electrons. The average molecular weight is 514 g/mol. The van der Waals surface area contributed by atoms with E-state index in [-0.39, 0.29) is 11.8 Å². The van der Waals surface area contributed by atoms with Gasteiger partial charge in [0.05, 0.1) is 38.8 Å². The molecular weight excluding hydrogens is 486 g/mol. The Morgan fingerprint density at radius 2 is 1.68 bits per heavy atom. The molecule has 1 heterocycles. The van der Waals surface area contributed by atoms with Gasteiger partial charge in [-0.1, -0.05) is 48.5 Å². The summed E-state index contributed by atoms with van der Waals surface area (Å²) in [5.41, 5.74) is 3.02. The molecule has 4 aromatic rings. The van der Waals surface area contributed by atoms with Crippen LogP contribution in [0.2, 0.25) is 0 Å². The predicted octanol–water partition coefficient (Wildman–Crippen LogP) is 6.12. The second kappa shape index (κ2) is 10.4. The first-order valence-corrected chi connectivity index (χ1v) is 12.2. The third-order valence-electron chi connectivity index (χ3n) is 6.48. The summed E-state index contributed by atoms with van der Waals surface area (Å²) >= 11 is 5.85. The van der Waals surface area contributed by atoms with E-state index in [4.69, 9.17) is 31.5 Å². The number of aromatic hydroxyl groups is 1. The van der Waals surface area contributed by atoms with Crippen molar-refractivity contribution in [1.82, 2.24) is 5.01 Å². The number of methoxy groups -OCH3 is 3. The van der Waals surface area contributed by atoms with Crippen molar-refractivity contribution < 1.29 is 19.3 Å². The van der Waals surface area contributed by atoms with Crippen LogP contribution < -0.4 is 19.5 Å². The summed E-state index contributed by atoms with van der Waals surface area (Å²) in [6, 6.07) is 24.7. The van der Waals surface area contributed by atoms with Gasteiger partial charge in [0.15, 0.2) is 5.11 Å². The lowest BCUT2D eigenvalue weighted by atomic mass is 9.95. The molecule has 1 unspecified atom stereocenters. The Labute approximate surface area is 220 Å². The molecule has 1 aliphatic rings. The van der Waals surface area contributed by atoms with E-state index >= 15 is 0 Å². The van der Waals surface area contributed by atoms with E-state index in [9.17, 15) is 5.11 Å². The molecule has 1 atom stereocenters. The summed E-state index contributed by atoms with van der Waals surface area (Å²) in [6.07, 6.45) is 0.522. The Morgan fingerprint density at radius 3 is 2.46 bits per heavy atom. The van der Waals surface area contributed by atoms with E-state index in [1.807, 2.05) is 72.8 Å². The summed E-state index contributed by atoms with van der Waals surface area (Å²) < 4.78 is 16.5. The first kappa shape index (κ1) is 24.4. The number of hydrogen-bond donors (Lipinski definition) is 2. The molecule has 0 spiro atoms. The smallest absolute Gasteiger partial charge is 0.194 e. The zero-order chi connectivity index (χ0) is 25.9. The predicted molar refractivity (Wildman–Crippen MR) is 150 cm³/mol. The molecule has 5 rings (SSSR count). The molecule has 4 aromatic carbocycles. The standard InChI is InChI=1S/C29H27N3O4S/c1-34-19-13-15-23(27(16-19)36-3)30-29(37)32-25(22-10-6-7-11-26(22)35-2)17-24(31-32)21-14-12-18-8-4-5-9-20(18)28(21)33/h4-16,25,33H,17H2,1-3H3,(H,30,37). The van der Waals surface area contributed by atoms with Crippen LogP contribution in [0, 0.1) is 0 Å². The van der Waals surface area contributed by atoms with Crippen LogP contribution in [0.3, 0.4) is 0 Å². The molecule has 0 radical (unpaired) electrons. The van der Waals surface area contributed by atoms with Gasteiger partial charge >= 0.3 is 0 Å². The van der Waals surface area contributed by atoms with Crippen molar-refractivity contribution >= 4 is 39.5 Å². The van der Waals surface area contributed by atoms with Gasteiger partial charge in [0, 0.05) is 29.0 Å². The fraction of sp³-hybridized carbons (Fsp3) is 0.172. The molecule has 0 aromatic heterocycles. The fourth-order valence-corrected chi connectivity index (χ4v) is 4.88. The lowest BCUT2D eigenvalue weighted by Gasteiger charge is -2.26. The highest BCUT2D eigenvalue weighted by Gasteiger charge is 2.34. The van der Waals surface area contributed by atoms with Gasteiger partial charge in [0.2, 0.25) is 0 Å². The molecule has 8 heteroatoms. The lowest BCUT2D eigenvalue weighted by molar-refractivity contribution is 0.350. The summed E-state index contributed by atoms with van der Waals surface area (Å²) in [6.45, 7) is 0. The largest absolute Gasteiger partial charge is 0.507 e. The number of nitrogens with one attached hydrogen (secondary N) is 1. The first-order chi connectivity index (χ1) is 18.0. The van der Waals surface area contributed by atoms with Crippen molar-refractivity contribution in [3.63, 3.8) is 0 Å². The van der Waals surface area contributed by atoms with E-state index in [1.165, 1.54) is 0 Å². The van der Waals surface area contributed by atoms with Crippen LogP contribution in [0.4, 0.5) is 5.69 Å². The minimum atomic E-state index is -0.249. The monoisotopic (exact) mass is 513 g/mol. The average Bonchev–Trinajstić information content (AvgIpc) is 3.38. The number of fused-ring (bicyclic) bond motifs is 1. The molecular formula is C29H27N3O4S. The molecule has 2 N–H and O–H groups in total. The highest BCUT2D eigenvalue weighted by molar-refractivity contribution is 7.80. The quantitative estimate of drug-likeness (QED) is 0.301. The van der Waals surface area contributed by atoms with Gasteiger partial charge in [0.1, 0.15) is 23.0 Å². The van der Waals surface area contributed by atoms with Gasteiger partial charge < -0.3 is 24.6 Å². The lowest BCUT2D eigenvalue weighted by Crippen LogP contribution is -2.31. The van der Waals surface area contributed by atoms with Gasteiger partial charge in [-0.3, -0.25) is 0 Å². The zero-order valence-electron chi connectivity index (χ0n) is 20.8. The Hall–Kier alpha value is -4.30. The normalized spacial score (nSPS) is 14.8. The molecule has 37 heavy (non-hydrogen) atoms. The Kier molecular flexibility index (Phi) is 6.83. The summed E-state index contributed by atoms with van der Waals surface area (Å²) in [5, 5.41) is 23.2. The van der Waals surface area contributed by atoms with Crippen LogP contribution in [-0.2, 0) is 0 Å². The van der Waals surface area contributed by atoms with Gasteiger partial charge in [-0.2, -0.15) is 5.10 Å². The molecule has 0 aliphatic carbocycles. The number of hydrogen-bond acceptors (Lipinski definition) is 6. The summed E-state index contributed by atoms with van der Waals surface area (Å²) in [4.78, 5) is 0. The number of hydrazone groups is 1. The Bertz CT molecular complexity index is 1500. The van der Waals surface area contributed by atoms with Crippen molar-refractivity contribution in [3.05, 3.63) is 90.0 Å². The second-order valence-corrected chi connectivity index (χ2v) is 8.92. The van der Waals surface area contributed by atoms with Crippen molar-refractivity contribution in [3.8, 4) is 23.0 Å². The van der Waals surface area contributed by atoms with Gasteiger partial charge in [0.25, 0.3) is 0 Å². The van der Waals surface area contributed by atoms with Crippen LogP contribution in [-0.4, -0.2) is 42.3 Å². The molecule has 7 nitrogen and oxygen atoms in total. The van der Waals surface area contributed by atoms with Gasteiger partial charge in [-0.05, 0) is 41.9 Å². The second-order valence-electron chi connectivity index (χ2n) is 8.53. The summed E-state index contributed by atoms with van der Waals surface area (Å²) in [5.74, 6) is 2.20. The summed E-state index contributed by atoms with van der Waals surface area (Å²) in [7, 11) is 4.84. The van der Waals surface area contributed by atoms with E-state index in [0.29, 0.717) is 34.3 Å². The van der Waals surface area contributed by atoms with Gasteiger partial charge in [-0.25, -0.2) is 5.01 Å². The zero-order valence-corrected chi connectivity index (χ0v) is 21.6. The minimum absolute atomic E-state index is 0.202. The van der Waals surface area contributed by atoms with E-state index in [2.05, 4.69) is 5.32 Å². The Balaban J connectivity index is 1.55. The van der Waals surface area contributed by atoms with Crippen LogP contribution >= 0.6 is 12.2 Å². The molecule has 0 saturated heterocycles. The SMILES string of the molecule is COc1ccc(NC(=S)N2N=C(c3ccc4ccccc4c3O)CC2c2ccccc2OC)c(OC)c1. The maximum absolute atomic E-state index is 11.1. The number of anilines is 1. The molecule has 0 saturated carbocycles. The maximum Gasteiger partial charge on any atom is 0.194 e. The van der Waals surface area contributed by atoms with Crippen LogP contribution in [0.5, 0.6) is 23.0 Å². The maximum atomic E-state index is 11.1. The first-order valence-electron chi connectivity index (χ1n) is 11.8. The topological polar surface area (TPSA) is 75.6 Å². The van der Waals surface area contributed by atoms with Gasteiger partial charge in [-0.15, -0.1) is 0 Å². The highest BCUT2D eigenvalue weighted by atomic mass is 32.1. The Morgan fingerprint density at radius 1 is 0.919 bits per heavy atom. The fourth-order valence-electron chi connectivity index (χ4n) is 4.61. The molecule has 0 bridgehead atoms. The number of phenols is 1. The van der Waals surface area contributed by atoms with Crippen LogP contribution in [0.1, 0.15) is 23.6 Å². The number of rotatable bonds is 6. The van der Waals surface area contributed by atoms with Crippen LogP contribution in [0.15, 0.2) is 84.0 Å². The third kappa shape index (κ3) is 4.63. The number of benzene rings is 4. The third-order valence-corrected chi connectivity index (χ3v) is 6.77. The van der Waals surface area contributed by atoms with E-state index in [1.54, 1.807) is 32.4 Å². The highest BCUT2D eigenvalue weighted by Crippen LogP contribution is 2.40. The molecule has 1 aliphatic heterocycles. The number of nitrogens with zero attached hydrogens (tertiary/aromatic N) is 2. The van der Waals surface area contributed by atoms with Crippen molar-refractivity contribution in [2.45, 2.75) is 12.5 Å². The number of para-hydroxylation sites is 1. The van der Waals surface area contributed by atoms with Crippen molar-refractivity contribution in [1.29, 1.82) is 0 Å². The van der Waals surface area contributed by atoms with E-state index in [0.717, 1.165) is 27.8 Å². The molecule has 0 amide bonds. The van der Waals surface area contributed by atoms with E-state index < -0.39 is 0 Å². The van der Waals surface area contributed by atoms with Crippen molar-refractivity contribution in [2.75, 3.05) is 26.6 Å². The van der Waals surface area contributed by atoms with Crippen molar-refractivity contribution in [2.24, 2.45) is 5.10 Å². The number of phenolic OH excluding ortho intramolecular Hbond substituents is 1.